The summed E-state index contributed by atoms with van der Waals surface area (Å²) in [6.45, 7) is 4.64. The van der Waals surface area contributed by atoms with Crippen molar-refractivity contribution in [2.75, 3.05) is 12.3 Å². The Morgan fingerprint density at radius 2 is 2.19 bits per heavy atom. The van der Waals surface area contributed by atoms with Gasteiger partial charge >= 0.3 is 0 Å². The molecule has 0 fully saturated rings. The summed E-state index contributed by atoms with van der Waals surface area (Å²) in [4.78, 5) is 0. The number of rotatable bonds is 3. The number of anilines is 1. The average molecular weight is 217 g/mol. The van der Waals surface area contributed by atoms with Gasteiger partial charge in [0, 0.05) is 11.6 Å². The third-order valence-electron chi connectivity index (χ3n) is 2.32. The van der Waals surface area contributed by atoms with Crippen LogP contribution in [0, 0.1) is 6.92 Å². The quantitative estimate of drug-likeness (QED) is 0.829. The van der Waals surface area contributed by atoms with Crippen molar-refractivity contribution in [2.45, 2.75) is 13.8 Å². The van der Waals surface area contributed by atoms with Crippen molar-refractivity contribution in [1.82, 2.24) is 10.2 Å². The molecule has 0 spiro atoms. The van der Waals surface area contributed by atoms with Crippen LogP contribution in [0.25, 0.3) is 11.3 Å². The van der Waals surface area contributed by atoms with Crippen LogP contribution in [0.15, 0.2) is 24.3 Å². The minimum Gasteiger partial charge on any atom is -0.493 e. The minimum absolute atomic E-state index is 0.485. The molecule has 2 aromatic rings. The fourth-order valence-corrected chi connectivity index (χ4v) is 1.61. The van der Waals surface area contributed by atoms with Gasteiger partial charge in [-0.25, -0.2) is 0 Å². The first kappa shape index (κ1) is 10.5. The van der Waals surface area contributed by atoms with Gasteiger partial charge < -0.3 is 10.5 Å². The fourth-order valence-electron chi connectivity index (χ4n) is 1.61. The number of nitrogen functional groups attached to an aromatic ring is 1. The zero-order valence-corrected chi connectivity index (χ0v) is 9.45. The maximum atomic E-state index is 5.59. The number of hydrogen-bond acceptors (Lipinski definition) is 3. The van der Waals surface area contributed by atoms with Crippen molar-refractivity contribution in [3.8, 4) is 17.0 Å². The van der Waals surface area contributed by atoms with Gasteiger partial charge in [-0.15, -0.1) is 0 Å². The number of ether oxygens (including phenoxy) is 1. The molecule has 0 amide bonds. The second kappa shape index (κ2) is 4.26. The number of benzene rings is 1. The van der Waals surface area contributed by atoms with Gasteiger partial charge in [-0.1, -0.05) is 11.6 Å². The minimum atomic E-state index is 0.485. The van der Waals surface area contributed by atoms with E-state index in [-0.39, 0.29) is 0 Å². The summed E-state index contributed by atoms with van der Waals surface area (Å²) in [5.41, 5.74) is 8.64. The standard InChI is InChI=1S/C12H15N3O/c1-3-16-11-5-4-8(2)6-9(11)10-7-12(13)15-14-10/h4-7H,3H2,1-2H3,(H3,13,14,15). The van der Waals surface area contributed by atoms with Crippen LogP contribution in [0.5, 0.6) is 5.75 Å². The predicted octanol–water partition coefficient (Wildman–Crippen LogP) is 2.37. The molecule has 0 unspecified atom stereocenters. The highest BCUT2D eigenvalue weighted by Gasteiger charge is 2.08. The topological polar surface area (TPSA) is 63.9 Å². The average Bonchev–Trinajstić information content (AvgIpc) is 2.68. The lowest BCUT2D eigenvalue weighted by Gasteiger charge is -2.09. The lowest BCUT2D eigenvalue weighted by molar-refractivity contribution is 0.341. The molecule has 0 aliphatic heterocycles. The number of aromatic amines is 1. The molecule has 0 saturated heterocycles. The van der Waals surface area contributed by atoms with Crippen LogP contribution in [-0.4, -0.2) is 16.8 Å². The van der Waals surface area contributed by atoms with Crippen molar-refractivity contribution < 1.29 is 4.74 Å². The summed E-state index contributed by atoms with van der Waals surface area (Å²) in [6, 6.07) is 7.84. The van der Waals surface area contributed by atoms with E-state index in [0.29, 0.717) is 12.4 Å². The number of nitrogens with two attached hydrogens (primary N) is 1. The monoisotopic (exact) mass is 217 g/mol. The second-order valence-corrected chi connectivity index (χ2v) is 3.64. The molecule has 0 atom stereocenters. The summed E-state index contributed by atoms with van der Waals surface area (Å²) < 4.78 is 5.57. The van der Waals surface area contributed by atoms with E-state index in [1.54, 1.807) is 6.07 Å². The van der Waals surface area contributed by atoms with Crippen molar-refractivity contribution >= 4 is 5.82 Å². The molecule has 84 valence electrons. The third-order valence-corrected chi connectivity index (χ3v) is 2.32. The first-order valence-corrected chi connectivity index (χ1v) is 5.25. The van der Waals surface area contributed by atoms with E-state index in [9.17, 15) is 0 Å². The first-order valence-electron chi connectivity index (χ1n) is 5.25. The molecule has 0 bridgehead atoms. The molecule has 0 saturated carbocycles. The van der Waals surface area contributed by atoms with E-state index in [1.807, 2.05) is 26.0 Å². The maximum absolute atomic E-state index is 5.59. The molecule has 16 heavy (non-hydrogen) atoms. The Morgan fingerprint density at radius 3 is 2.81 bits per heavy atom. The van der Waals surface area contributed by atoms with Crippen LogP contribution in [0.1, 0.15) is 12.5 Å². The van der Waals surface area contributed by atoms with E-state index >= 15 is 0 Å². The molecule has 0 aliphatic rings. The van der Waals surface area contributed by atoms with Gasteiger partial charge in [0.25, 0.3) is 0 Å². The van der Waals surface area contributed by atoms with E-state index in [4.69, 9.17) is 10.5 Å². The van der Waals surface area contributed by atoms with Gasteiger partial charge in [-0.3, -0.25) is 5.10 Å². The number of H-pyrrole nitrogens is 1. The summed E-state index contributed by atoms with van der Waals surface area (Å²) in [7, 11) is 0. The summed E-state index contributed by atoms with van der Waals surface area (Å²) in [5, 5.41) is 6.81. The van der Waals surface area contributed by atoms with Crippen LogP contribution in [0.4, 0.5) is 5.82 Å². The molecule has 1 heterocycles. The SMILES string of the molecule is CCOc1ccc(C)cc1-c1cc(N)n[nH]1. The van der Waals surface area contributed by atoms with Gasteiger partial charge in [-0.05, 0) is 26.0 Å². The lowest BCUT2D eigenvalue weighted by Crippen LogP contribution is -1.94. The Hall–Kier alpha value is -1.97. The zero-order valence-electron chi connectivity index (χ0n) is 9.45. The van der Waals surface area contributed by atoms with Gasteiger partial charge in [0.2, 0.25) is 0 Å². The maximum Gasteiger partial charge on any atom is 0.145 e. The largest absolute Gasteiger partial charge is 0.493 e. The van der Waals surface area contributed by atoms with Crippen LogP contribution in [-0.2, 0) is 0 Å². The van der Waals surface area contributed by atoms with Crippen molar-refractivity contribution in [3.63, 3.8) is 0 Å². The Balaban J connectivity index is 2.48. The number of nitrogens with one attached hydrogen (secondary N) is 1. The van der Waals surface area contributed by atoms with E-state index in [1.165, 1.54) is 5.56 Å². The molecule has 0 aliphatic carbocycles. The molecule has 4 nitrogen and oxygen atoms in total. The Bertz CT molecular complexity index is 491. The number of aryl methyl sites for hydroxylation is 1. The molecule has 0 radical (unpaired) electrons. The molecule has 3 N–H and O–H groups in total. The highest BCUT2D eigenvalue weighted by Crippen LogP contribution is 2.30. The van der Waals surface area contributed by atoms with Crippen LogP contribution < -0.4 is 10.5 Å². The molecular formula is C12H15N3O. The lowest BCUT2D eigenvalue weighted by atomic mass is 10.1. The van der Waals surface area contributed by atoms with Gasteiger partial charge in [0.15, 0.2) is 0 Å². The highest BCUT2D eigenvalue weighted by atomic mass is 16.5. The van der Waals surface area contributed by atoms with E-state index in [2.05, 4.69) is 16.3 Å². The molecular weight excluding hydrogens is 202 g/mol. The Kier molecular flexibility index (Phi) is 2.81. The molecule has 1 aromatic carbocycles. The number of aromatic nitrogens is 2. The highest BCUT2D eigenvalue weighted by molar-refractivity contribution is 5.69. The van der Waals surface area contributed by atoms with Crippen molar-refractivity contribution in [2.24, 2.45) is 0 Å². The van der Waals surface area contributed by atoms with Gasteiger partial charge in [-0.2, -0.15) is 5.10 Å². The fraction of sp³-hybridized carbons (Fsp3) is 0.250. The molecule has 2 rings (SSSR count). The normalized spacial score (nSPS) is 10.4. The smallest absolute Gasteiger partial charge is 0.145 e. The van der Waals surface area contributed by atoms with E-state index in [0.717, 1.165) is 17.0 Å². The third kappa shape index (κ3) is 2.00. The van der Waals surface area contributed by atoms with Crippen LogP contribution in [0.2, 0.25) is 0 Å². The summed E-state index contributed by atoms with van der Waals surface area (Å²) in [5.74, 6) is 1.33. The number of hydrogen-bond donors (Lipinski definition) is 2. The van der Waals surface area contributed by atoms with Crippen molar-refractivity contribution in [3.05, 3.63) is 29.8 Å². The van der Waals surface area contributed by atoms with Gasteiger partial charge in [0.05, 0.1) is 12.3 Å². The molecule has 1 aromatic heterocycles. The van der Waals surface area contributed by atoms with Crippen LogP contribution in [0.3, 0.4) is 0 Å². The molecule has 4 heteroatoms. The van der Waals surface area contributed by atoms with Crippen molar-refractivity contribution in [1.29, 1.82) is 0 Å². The summed E-state index contributed by atoms with van der Waals surface area (Å²) >= 11 is 0. The Labute approximate surface area is 94.4 Å². The van der Waals surface area contributed by atoms with Gasteiger partial charge in [0.1, 0.15) is 11.6 Å². The Morgan fingerprint density at radius 1 is 1.38 bits per heavy atom. The predicted molar refractivity (Wildman–Crippen MR) is 64.3 cm³/mol. The van der Waals surface area contributed by atoms with Crippen LogP contribution >= 0.6 is 0 Å². The second-order valence-electron chi connectivity index (χ2n) is 3.64. The van der Waals surface area contributed by atoms with E-state index < -0.39 is 0 Å². The zero-order chi connectivity index (χ0) is 11.5. The first-order chi connectivity index (χ1) is 7.70. The number of nitrogens with zero attached hydrogens (tertiary/aromatic N) is 1. The summed E-state index contributed by atoms with van der Waals surface area (Å²) in [6.07, 6.45) is 0.